The van der Waals surface area contributed by atoms with Gasteiger partial charge in [-0.25, -0.2) is 12.7 Å². The highest BCUT2D eigenvalue weighted by atomic mass is 32.2. The fourth-order valence-corrected chi connectivity index (χ4v) is 5.98. The predicted molar refractivity (Wildman–Crippen MR) is 120 cm³/mol. The van der Waals surface area contributed by atoms with Crippen molar-refractivity contribution in [2.45, 2.75) is 50.9 Å². The number of hydrogen-bond donors (Lipinski definition) is 1. The van der Waals surface area contributed by atoms with Crippen molar-refractivity contribution in [3.8, 4) is 0 Å². The summed E-state index contributed by atoms with van der Waals surface area (Å²) in [4.78, 5) is 13.7. The van der Waals surface area contributed by atoms with Crippen molar-refractivity contribution in [1.82, 2.24) is 4.31 Å². The van der Waals surface area contributed by atoms with Gasteiger partial charge in [-0.2, -0.15) is 0 Å². The minimum Gasteiger partial charge on any atom is -0.325 e. The molecule has 0 radical (unpaired) electrons. The molecule has 1 heterocycles. The van der Waals surface area contributed by atoms with Gasteiger partial charge in [-0.3, -0.25) is 4.79 Å². The molecule has 2 aliphatic rings. The molecule has 0 unspecified atom stereocenters. The van der Waals surface area contributed by atoms with Crippen molar-refractivity contribution in [3.63, 3.8) is 0 Å². The molecular weight excluding hydrogens is 396 g/mol. The lowest BCUT2D eigenvalue weighted by atomic mass is 9.72. The number of piperidine rings is 1. The number of hydrogen-bond acceptors (Lipinski definition) is 3. The molecule has 4 rings (SSSR count). The van der Waals surface area contributed by atoms with Crippen molar-refractivity contribution in [2.24, 2.45) is 0 Å². The molecule has 1 amide bonds. The van der Waals surface area contributed by atoms with Crippen LogP contribution in [0.1, 0.15) is 49.3 Å². The number of rotatable bonds is 5. The van der Waals surface area contributed by atoms with E-state index in [1.807, 2.05) is 42.5 Å². The molecule has 1 aliphatic heterocycles. The Balaban J connectivity index is 1.64. The van der Waals surface area contributed by atoms with Crippen molar-refractivity contribution in [1.29, 1.82) is 0 Å². The fourth-order valence-electron chi connectivity index (χ4n) is 4.87. The zero-order valence-electron chi connectivity index (χ0n) is 17.6. The number of anilines is 1. The average Bonchev–Trinajstić information content (AvgIpc) is 2.80. The van der Waals surface area contributed by atoms with Crippen LogP contribution in [0.4, 0.5) is 5.69 Å². The van der Waals surface area contributed by atoms with Gasteiger partial charge in [0.2, 0.25) is 15.9 Å². The van der Waals surface area contributed by atoms with Crippen LogP contribution in [0.2, 0.25) is 0 Å². The largest absolute Gasteiger partial charge is 0.325 e. The van der Waals surface area contributed by atoms with Gasteiger partial charge in [0.1, 0.15) is 0 Å². The number of sulfonamides is 1. The first kappa shape index (κ1) is 21.1. The third-order valence-electron chi connectivity index (χ3n) is 6.74. The van der Waals surface area contributed by atoms with Crippen LogP contribution in [0.5, 0.6) is 0 Å². The Hall–Kier alpha value is -2.18. The fraction of sp³-hybridized carbons (Fsp3) is 0.458. The van der Waals surface area contributed by atoms with E-state index in [1.54, 1.807) is 6.92 Å². The first-order valence-electron chi connectivity index (χ1n) is 10.9. The summed E-state index contributed by atoms with van der Waals surface area (Å²) in [7, 11) is -3.25. The van der Waals surface area contributed by atoms with E-state index in [-0.39, 0.29) is 11.7 Å². The maximum absolute atomic E-state index is 13.7. The lowest BCUT2D eigenvalue weighted by Crippen LogP contribution is -2.51. The van der Waals surface area contributed by atoms with Gasteiger partial charge in [-0.15, -0.1) is 0 Å². The van der Waals surface area contributed by atoms with Crippen LogP contribution < -0.4 is 5.32 Å². The minimum absolute atomic E-state index is 0.0266. The molecule has 0 bridgehead atoms. The standard InChI is InChI=1S/C24H30N2O3S/c1-2-30(28,29)26-17-15-24(16-18-26,20-11-4-3-5-12-20)23(27)25-22-14-8-10-19-9-6-7-13-21(19)22/h3-5,8,10-12,14H,2,6-7,9,13,15-18H2,1H3,(H,25,27). The molecule has 2 aromatic carbocycles. The molecule has 0 spiro atoms. The molecule has 5 nitrogen and oxygen atoms in total. The second kappa shape index (κ2) is 8.52. The van der Waals surface area contributed by atoms with Gasteiger partial charge in [-0.1, -0.05) is 42.5 Å². The Bertz CT molecular complexity index is 1010. The molecule has 1 N–H and O–H groups in total. The van der Waals surface area contributed by atoms with Gasteiger partial charge >= 0.3 is 0 Å². The maximum Gasteiger partial charge on any atom is 0.235 e. The summed E-state index contributed by atoms with van der Waals surface area (Å²) in [6, 6.07) is 16.0. The second-order valence-electron chi connectivity index (χ2n) is 8.35. The van der Waals surface area contributed by atoms with Crippen molar-refractivity contribution < 1.29 is 13.2 Å². The van der Waals surface area contributed by atoms with E-state index in [9.17, 15) is 13.2 Å². The molecule has 6 heteroatoms. The number of nitrogens with zero attached hydrogens (tertiary/aromatic N) is 1. The lowest BCUT2D eigenvalue weighted by Gasteiger charge is -2.40. The maximum atomic E-state index is 13.7. The summed E-state index contributed by atoms with van der Waals surface area (Å²) in [5, 5.41) is 3.24. The number of nitrogens with one attached hydrogen (secondary N) is 1. The van der Waals surface area contributed by atoms with Crippen LogP contribution in [0.15, 0.2) is 48.5 Å². The summed E-state index contributed by atoms with van der Waals surface area (Å²) in [6.45, 7) is 2.40. The van der Waals surface area contributed by atoms with Crippen LogP contribution in [0.25, 0.3) is 0 Å². The van der Waals surface area contributed by atoms with E-state index in [0.717, 1.165) is 30.5 Å². The summed E-state index contributed by atoms with van der Waals surface area (Å²) < 4.78 is 26.2. The number of carbonyl (C=O) groups is 1. The number of carbonyl (C=O) groups excluding carboxylic acids is 1. The molecule has 160 valence electrons. The molecule has 0 saturated carbocycles. The van der Waals surface area contributed by atoms with Crippen molar-refractivity contribution in [2.75, 3.05) is 24.2 Å². The first-order chi connectivity index (χ1) is 14.5. The Kier molecular flexibility index (Phi) is 5.98. The molecule has 1 aliphatic carbocycles. The van der Waals surface area contributed by atoms with Crippen molar-refractivity contribution >= 4 is 21.6 Å². The number of amides is 1. The van der Waals surface area contributed by atoms with Gasteiger partial charge < -0.3 is 5.32 Å². The van der Waals surface area contributed by atoms with Crippen LogP contribution >= 0.6 is 0 Å². The Morgan fingerprint density at radius 3 is 2.40 bits per heavy atom. The molecule has 2 aromatic rings. The van der Waals surface area contributed by atoms with Crippen LogP contribution in [-0.2, 0) is 33.1 Å². The Labute approximate surface area is 179 Å². The number of fused-ring (bicyclic) bond motifs is 1. The third-order valence-corrected chi connectivity index (χ3v) is 8.62. The zero-order chi connectivity index (χ0) is 21.2. The van der Waals surface area contributed by atoms with E-state index in [0.29, 0.717) is 25.9 Å². The quantitative estimate of drug-likeness (QED) is 0.789. The monoisotopic (exact) mass is 426 g/mol. The van der Waals surface area contributed by atoms with Crippen LogP contribution in [0.3, 0.4) is 0 Å². The molecule has 1 fully saturated rings. The summed E-state index contributed by atoms with van der Waals surface area (Å²) >= 11 is 0. The predicted octanol–water partition coefficient (Wildman–Crippen LogP) is 3.89. The van der Waals surface area contributed by atoms with E-state index < -0.39 is 15.4 Å². The third kappa shape index (κ3) is 3.91. The topological polar surface area (TPSA) is 66.5 Å². The van der Waals surface area contributed by atoms with Gasteiger partial charge in [0.05, 0.1) is 11.2 Å². The Morgan fingerprint density at radius 2 is 1.70 bits per heavy atom. The normalized spacial score (nSPS) is 19.1. The van der Waals surface area contributed by atoms with Gasteiger partial charge in [0.15, 0.2) is 0 Å². The van der Waals surface area contributed by atoms with E-state index in [1.165, 1.54) is 21.9 Å². The highest BCUT2D eigenvalue weighted by Gasteiger charge is 2.44. The minimum atomic E-state index is -3.25. The van der Waals surface area contributed by atoms with Gasteiger partial charge in [0.25, 0.3) is 0 Å². The molecule has 30 heavy (non-hydrogen) atoms. The van der Waals surface area contributed by atoms with Crippen molar-refractivity contribution in [3.05, 3.63) is 65.2 Å². The highest BCUT2D eigenvalue weighted by molar-refractivity contribution is 7.89. The molecule has 1 saturated heterocycles. The molecule has 0 atom stereocenters. The average molecular weight is 427 g/mol. The van der Waals surface area contributed by atoms with Crippen LogP contribution in [0, 0.1) is 0 Å². The van der Waals surface area contributed by atoms with Crippen LogP contribution in [-0.4, -0.2) is 37.5 Å². The SMILES string of the molecule is CCS(=O)(=O)N1CCC(C(=O)Nc2cccc3c2CCCC3)(c2ccccc2)CC1. The molecule has 0 aromatic heterocycles. The van der Waals surface area contributed by atoms with E-state index >= 15 is 0 Å². The van der Waals surface area contributed by atoms with E-state index in [2.05, 4.69) is 11.4 Å². The van der Waals surface area contributed by atoms with E-state index in [4.69, 9.17) is 0 Å². The lowest BCUT2D eigenvalue weighted by molar-refractivity contribution is -0.123. The summed E-state index contributed by atoms with van der Waals surface area (Å²) in [5.74, 6) is 0.0643. The summed E-state index contributed by atoms with van der Waals surface area (Å²) in [6.07, 6.45) is 5.36. The van der Waals surface area contributed by atoms with Gasteiger partial charge in [0, 0.05) is 18.8 Å². The number of aryl methyl sites for hydroxylation is 1. The second-order valence-corrected chi connectivity index (χ2v) is 10.6. The smallest absolute Gasteiger partial charge is 0.235 e. The number of benzene rings is 2. The van der Waals surface area contributed by atoms with Gasteiger partial charge in [-0.05, 0) is 68.2 Å². The zero-order valence-corrected chi connectivity index (χ0v) is 18.4. The Morgan fingerprint density at radius 1 is 1.00 bits per heavy atom. The first-order valence-corrected chi connectivity index (χ1v) is 12.5. The highest BCUT2D eigenvalue weighted by Crippen LogP contribution is 2.38. The summed E-state index contributed by atoms with van der Waals surface area (Å²) in [5.41, 5.74) is 3.73. The molecular formula is C24H30N2O3S.